The zero-order chi connectivity index (χ0) is 17.4. The molecule has 2 atom stereocenters. The molecule has 0 aromatic carbocycles. The van der Waals surface area contributed by atoms with Gasteiger partial charge in [-0.25, -0.2) is 4.39 Å². The van der Waals surface area contributed by atoms with E-state index in [0.717, 1.165) is 18.1 Å². The van der Waals surface area contributed by atoms with Crippen molar-refractivity contribution in [1.82, 2.24) is 9.80 Å². The van der Waals surface area contributed by atoms with Crippen LogP contribution in [0.4, 0.5) is 4.39 Å². The molecule has 1 amide bonds. The average molecular weight is 346 g/mol. The van der Waals surface area contributed by atoms with Crippen molar-refractivity contribution in [3.05, 3.63) is 47.8 Å². The van der Waals surface area contributed by atoms with Gasteiger partial charge in [0.2, 0.25) is 0 Å². The largest absolute Gasteiger partial charge is 0.465 e. The fourth-order valence-corrected chi connectivity index (χ4v) is 4.16. The van der Waals surface area contributed by atoms with Crippen molar-refractivity contribution in [3.8, 4) is 0 Å². The molecule has 2 aromatic heterocycles. The predicted octanol–water partition coefficient (Wildman–Crippen LogP) is 3.26. The maximum Gasteiger partial charge on any atom is 0.289 e. The van der Waals surface area contributed by atoms with Crippen molar-refractivity contribution in [3.63, 3.8) is 0 Å². The van der Waals surface area contributed by atoms with Crippen molar-refractivity contribution in [1.29, 1.82) is 0 Å². The lowest BCUT2D eigenvalue weighted by molar-refractivity contribution is 0.00394. The van der Waals surface area contributed by atoms with Crippen molar-refractivity contribution in [2.75, 3.05) is 26.2 Å². The first-order valence-corrected chi connectivity index (χ1v) is 8.80. The number of likely N-dealkylation sites (tertiary alicyclic amines) is 2. The van der Waals surface area contributed by atoms with Gasteiger partial charge in [-0.05, 0) is 44.0 Å². The van der Waals surface area contributed by atoms with Gasteiger partial charge in [0.05, 0.1) is 12.8 Å². The molecule has 2 aliphatic heterocycles. The summed E-state index contributed by atoms with van der Waals surface area (Å²) in [6.07, 6.45) is 1.80. The average Bonchev–Trinajstić information content (AvgIpc) is 3.32. The summed E-state index contributed by atoms with van der Waals surface area (Å²) in [6.45, 7) is 5.00. The highest BCUT2D eigenvalue weighted by Gasteiger charge is 2.49. The number of furan rings is 2. The molecule has 0 saturated carbocycles. The second-order valence-electron chi connectivity index (χ2n) is 7.30. The van der Waals surface area contributed by atoms with Crippen molar-refractivity contribution in [2.45, 2.75) is 32.5 Å². The number of carbonyl (C=O) groups is 1. The summed E-state index contributed by atoms with van der Waals surface area (Å²) >= 11 is 0. The van der Waals surface area contributed by atoms with Crippen LogP contribution in [0.5, 0.6) is 0 Å². The Morgan fingerprint density at radius 3 is 2.92 bits per heavy atom. The van der Waals surface area contributed by atoms with E-state index < -0.39 is 11.6 Å². The normalized spacial score (nSPS) is 27.3. The van der Waals surface area contributed by atoms with Gasteiger partial charge in [0.25, 0.3) is 5.91 Å². The molecule has 2 fully saturated rings. The van der Waals surface area contributed by atoms with Crippen LogP contribution in [-0.4, -0.2) is 48.1 Å². The molecule has 0 bridgehead atoms. The van der Waals surface area contributed by atoms with E-state index in [1.165, 1.54) is 6.26 Å². The molecule has 0 unspecified atom stereocenters. The molecular weight excluding hydrogens is 323 g/mol. The zero-order valence-electron chi connectivity index (χ0n) is 14.4. The molecule has 2 saturated heterocycles. The third-order valence-electron chi connectivity index (χ3n) is 5.48. The van der Waals surface area contributed by atoms with Crippen molar-refractivity contribution >= 4 is 5.91 Å². The van der Waals surface area contributed by atoms with Gasteiger partial charge in [0.15, 0.2) is 5.76 Å². The van der Waals surface area contributed by atoms with E-state index in [4.69, 9.17) is 8.83 Å². The smallest absolute Gasteiger partial charge is 0.289 e. The Balaban J connectivity index is 1.45. The van der Waals surface area contributed by atoms with Gasteiger partial charge in [0, 0.05) is 31.6 Å². The number of hydrogen-bond acceptors (Lipinski definition) is 4. The Bertz CT molecular complexity index is 742. The summed E-state index contributed by atoms with van der Waals surface area (Å²) in [5, 5.41) is 0. The van der Waals surface area contributed by atoms with Crippen molar-refractivity contribution in [2.24, 2.45) is 5.41 Å². The van der Waals surface area contributed by atoms with Crippen LogP contribution in [0.2, 0.25) is 0 Å². The lowest BCUT2D eigenvalue weighted by Crippen LogP contribution is -2.51. The van der Waals surface area contributed by atoms with Crippen LogP contribution in [-0.2, 0) is 6.54 Å². The van der Waals surface area contributed by atoms with Crippen LogP contribution in [0.3, 0.4) is 0 Å². The molecule has 6 heteroatoms. The minimum Gasteiger partial charge on any atom is -0.465 e. The van der Waals surface area contributed by atoms with Gasteiger partial charge in [-0.2, -0.15) is 0 Å². The van der Waals surface area contributed by atoms with E-state index in [1.807, 2.05) is 19.1 Å². The van der Waals surface area contributed by atoms with Crippen LogP contribution in [0, 0.1) is 12.3 Å². The Morgan fingerprint density at radius 1 is 1.32 bits per heavy atom. The Kier molecular flexibility index (Phi) is 4.15. The molecule has 2 aliphatic rings. The number of aryl methyl sites for hydroxylation is 1. The summed E-state index contributed by atoms with van der Waals surface area (Å²) in [5.74, 6) is 1.98. The van der Waals surface area contributed by atoms with Crippen molar-refractivity contribution < 1.29 is 18.0 Å². The number of nitrogens with zero attached hydrogens (tertiary/aromatic N) is 2. The Morgan fingerprint density at radius 2 is 2.20 bits per heavy atom. The molecule has 25 heavy (non-hydrogen) atoms. The highest BCUT2D eigenvalue weighted by atomic mass is 19.1. The number of rotatable bonds is 3. The molecule has 0 N–H and O–H groups in total. The van der Waals surface area contributed by atoms with E-state index in [2.05, 4.69) is 4.90 Å². The summed E-state index contributed by atoms with van der Waals surface area (Å²) < 4.78 is 25.7. The molecular formula is C19H23FN2O3. The lowest BCUT2D eigenvalue weighted by atomic mass is 9.77. The molecule has 0 aliphatic carbocycles. The monoisotopic (exact) mass is 346 g/mol. The number of alkyl halides is 1. The SMILES string of the molecule is Cc1ccc(CN2CC[C@H](F)[C@@]3(CCN(C(=O)c4ccco4)C3)C2)o1. The summed E-state index contributed by atoms with van der Waals surface area (Å²) in [5.41, 5.74) is -0.484. The predicted molar refractivity (Wildman–Crippen MR) is 89.9 cm³/mol. The molecule has 2 aromatic rings. The summed E-state index contributed by atoms with van der Waals surface area (Å²) in [6, 6.07) is 7.29. The first-order valence-electron chi connectivity index (χ1n) is 8.80. The zero-order valence-corrected chi connectivity index (χ0v) is 14.4. The van der Waals surface area contributed by atoms with Gasteiger partial charge in [0.1, 0.15) is 17.7 Å². The van der Waals surface area contributed by atoms with E-state index in [-0.39, 0.29) is 5.91 Å². The van der Waals surface area contributed by atoms with Gasteiger partial charge >= 0.3 is 0 Å². The highest BCUT2D eigenvalue weighted by molar-refractivity contribution is 5.91. The van der Waals surface area contributed by atoms with Gasteiger partial charge in [-0.1, -0.05) is 0 Å². The third kappa shape index (κ3) is 3.11. The number of amides is 1. The second-order valence-corrected chi connectivity index (χ2v) is 7.30. The number of halogens is 1. The molecule has 0 radical (unpaired) electrons. The third-order valence-corrected chi connectivity index (χ3v) is 5.48. The number of hydrogen-bond donors (Lipinski definition) is 0. The maximum absolute atomic E-state index is 14.8. The van der Waals surface area contributed by atoms with E-state index in [1.54, 1.807) is 17.0 Å². The number of piperidine rings is 1. The first-order chi connectivity index (χ1) is 12.1. The van der Waals surface area contributed by atoms with E-state index in [0.29, 0.717) is 44.8 Å². The molecule has 134 valence electrons. The number of carbonyl (C=O) groups excluding carboxylic acids is 1. The molecule has 5 nitrogen and oxygen atoms in total. The fourth-order valence-electron chi connectivity index (χ4n) is 4.16. The Hall–Kier alpha value is -2.08. The minimum atomic E-state index is -0.878. The summed E-state index contributed by atoms with van der Waals surface area (Å²) in [4.78, 5) is 16.5. The highest BCUT2D eigenvalue weighted by Crippen LogP contribution is 2.41. The van der Waals surface area contributed by atoms with Crippen LogP contribution >= 0.6 is 0 Å². The molecule has 4 heterocycles. The van der Waals surface area contributed by atoms with Crippen LogP contribution in [0.15, 0.2) is 39.4 Å². The topological polar surface area (TPSA) is 49.8 Å². The van der Waals surface area contributed by atoms with Crippen LogP contribution in [0.1, 0.15) is 34.9 Å². The second kappa shape index (κ2) is 6.33. The van der Waals surface area contributed by atoms with E-state index in [9.17, 15) is 9.18 Å². The lowest BCUT2D eigenvalue weighted by Gasteiger charge is -2.42. The fraction of sp³-hybridized carbons (Fsp3) is 0.526. The minimum absolute atomic E-state index is 0.146. The maximum atomic E-state index is 14.8. The van der Waals surface area contributed by atoms with Gasteiger partial charge in [-0.15, -0.1) is 0 Å². The van der Waals surface area contributed by atoms with Gasteiger partial charge < -0.3 is 13.7 Å². The molecule has 4 rings (SSSR count). The quantitative estimate of drug-likeness (QED) is 0.856. The van der Waals surface area contributed by atoms with Crippen LogP contribution < -0.4 is 0 Å². The molecule has 1 spiro atoms. The summed E-state index contributed by atoms with van der Waals surface area (Å²) in [7, 11) is 0. The Labute approximate surface area is 146 Å². The van der Waals surface area contributed by atoms with Crippen LogP contribution in [0.25, 0.3) is 0 Å². The standard InChI is InChI=1S/C19H23FN2O3/c1-14-4-5-15(25-14)11-21-8-6-17(20)19(12-21)7-9-22(13-19)18(23)16-3-2-10-24-16/h2-5,10,17H,6-9,11-13H2,1H3/t17-,19-/m0/s1. The van der Waals surface area contributed by atoms with E-state index >= 15 is 0 Å². The van der Waals surface area contributed by atoms with Gasteiger partial charge in [-0.3, -0.25) is 9.69 Å². The first kappa shape index (κ1) is 16.4.